The van der Waals surface area contributed by atoms with Gasteiger partial charge in [0, 0.05) is 31.1 Å². The highest BCUT2D eigenvalue weighted by Crippen LogP contribution is 2.23. The van der Waals surface area contributed by atoms with Gasteiger partial charge >= 0.3 is 0 Å². The van der Waals surface area contributed by atoms with E-state index in [9.17, 15) is 4.79 Å². The number of piperidine rings is 1. The molecule has 1 atom stereocenters. The lowest BCUT2D eigenvalue weighted by Crippen LogP contribution is -2.44. The first-order valence-corrected chi connectivity index (χ1v) is 10.6. The molecule has 0 radical (unpaired) electrons. The van der Waals surface area contributed by atoms with Crippen LogP contribution in [0.2, 0.25) is 0 Å². The standard InChI is InChI=1S/C20H30N2OS/c1-24-19-10-8-17(9-11-19)15-21-12-6-7-18(16-21)20(23)22-13-4-2-3-5-14-22/h8-11,18H,2-7,12-16H2,1H3/t18-/m0/s1. The minimum Gasteiger partial charge on any atom is -0.342 e. The van der Waals surface area contributed by atoms with Crippen LogP contribution in [0.25, 0.3) is 0 Å². The van der Waals surface area contributed by atoms with Gasteiger partial charge in [-0.2, -0.15) is 0 Å². The van der Waals surface area contributed by atoms with Crippen LogP contribution in [-0.4, -0.2) is 48.1 Å². The fraction of sp³-hybridized carbons (Fsp3) is 0.650. The second kappa shape index (κ2) is 8.91. The van der Waals surface area contributed by atoms with Crippen LogP contribution in [0.1, 0.15) is 44.1 Å². The summed E-state index contributed by atoms with van der Waals surface area (Å²) in [6.45, 7) is 4.98. The molecule has 1 amide bonds. The average molecular weight is 347 g/mol. The summed E-state index contributed by atoms with van der Waals surface area (Å²) in [5, 5.41) is 0. The van der Waals surface area contributed by atoms with Gasteiger partial charge in [-0.3, -0.25) is 9.69 Å². The lowest BCUT2D eigenvalue weighted by Gasteiger charge is -2.34. The van der Waals surface area contributed by atoms with Crippen LogP contribution < -0.4 is 0 Å². The van der Waals surface area contributed by atoms with E-state index in [-0.39, 0.29) is 5.92 Å². The van der Waals surface area contributed by atoms with Crippen LogP contribution in [0, 0.1) is 5.92 Å². The molecule has 0 bridgehead atoms. The Balaban J connectivity index is 1.55. The molecule has 4 heteroatoms. The van der Waals surface area contributed by atoms with E-state index < -0.39 is 0 Å². The van der Waals surface area contributed by atoms with Crippen LogP contribution in [-0.2, 0) is 11.3 Å². The molecule has 3 rings (SSSR count). The number of hydrogen-bond donors (Lipinski definition) is 0. The zero-order valence-corrected chi connectivity index (χ0v) is 15.7. The maximum atomic E-state index is 12.9. The zero-order chi connectivity index (χ0) is 16.8. The molecule has 1 aromatic rings. The molecule has 2 aliphatic heterocycles. The fourth-order valence-electron chi connectivity index (χ4n) is 3.94. The molecule has 2 heterocycles. The van der Waals surface area contributed by atoms with Gasteiger partial charge in [-0.05, 0) is 56.2 Å². The summed E-state index contributed by atoms with van der Waals surface area (Å²) in [5.41, 5.74) is 1.36. The van der Waals surface area contributed by atoms with Gasteiger partial charge in [0.15, 0.2) is 0 Å². The molecule has 0 N–H and O–H groups in total. The van der Waals surface area contributed by atoms with Crippen molar-refractivity contribution in [3.63, 3.8) is 0 Å². The first-order chi connectivity index (χ1) is 11.8. The van der Waals surface area contributed by atoms with Gasteiger partial charge < -0.3 is 4.90 Å². The third-order valence-corrected chi connectivity index (χ3v) is 6.08. The van der Waals surface area contributed by atoms with Gasteiger partial charge in [0.2, 0.25) is 5.91 Å². The highest BCUT2D eigenvalue weighted by Gasteiger charge is 2.29. The largest absolute Gasteiger partial charge is 0.342 e. The van der Waals surface area contributed by atoms with E-state index in [1.165, 1.54) is 36.1 Å². The third kappa shape index (κ3) is 4.76. The van der Waals surface area contributed by atoms with Gasteiger partial charge in [-0.1, -0.05) is 25.0 Å². The summed E-state index contributed by atoms with van der Waals surface area (Å²) in [4.78, 5) is 18.8. The van der Waals surface area contributed by atoms with Crippen molar-refractivity contribution in [1.82, 2.24) is 9.80 Å². The van der Waals surface area contributed by atoms with E-state index in [1.54, 1.807) is 11.8 Å². The first kappa shape index (κ1) is 17.8. The Morgan fingerprint density at radius 2 is 1.75 bits per heavy atom. The summed E-state index contributed by atoms with van der Waals surface area (Å²) >= 11 is 1.78. The summed E-state index contributed by atoms with van der Waals surface area (Å²) in [7, 11) is 0. The van der Waals surface area contributed by atoms with E-state index >= 15 is 0 Å². The molecule has 0 aliphatic carbocycles. The number of likely N-dealkylation sites (tertiary alicyclic amines) is 2. The molecule has 132 valence electrons. The molecule has 0 spiro atoms. The Labute approximate surface area is 150 Å². The number of benzene rings is 1. The van der Waals surface area contributed by atoms with Crippen molar-refractivity contribution in [2.75, 3.05) is 32.4 Å². The van der Waals surface area contributed by atoms with Gasteiger partial charge in [-0.25, -0.2) is 0 Å². The number of rotatable bonds is 4. The van der Waals surface area contributed by atoms with Crippen LogP contribution in [0.4, 0.5) is 0 Å². The number of carbonyl (C=O) groups is 1. The van der Waals surface area contributed by atoms with Gasteiger partial charge in [-0.15, -0.1) is 11.8 Å². The van der Waals surface area contributed by atoms with Crippen LogP contribution in [0.15, 0.2) is 29.2 Å². The minimum absolute atomic E-state index is 0.210. The number of thioether (sulfide) groups is 1. The van der Waals surface area contributed by atoms with Crippen molar-refractivity contribution in [3.05, 3.63) is 29.8 Å². The fourth-order valence-corrected chi connectivity index (χ4v) is 4.35. The quantitative estimate of drug-likeness (QED) is 0.769. The van der Waals surface area contributed by atoms with E-state index in [4.69, 9.17) is 0 Å². The SMILES string of the molecule is CSc1ccc(CN2CCC[C@H](C(=O)N3CCCCCC3)C2)cc1. The monoisotopic (exact) mass is 346 g/mol. The van der Waals surface area contributed by atoms with Crippen LogP contribution in [0.3, 0.4) is 0 Å². The Hall–Kier alpha value is -1.00. The van der Waals surface area contributed by atoms with Crippen LogP contribution >= 0.6 is 11.8 Å². The van der Waals surface area contributed by atoms with Gasteiger partial charge in [0.25, 0.3) is 0 Å². The lowest BCUT2D eigenvalue weighted by atomic mass is 9.96. The van der Waals surface area contributed by atoms with E-state index in [0.29, 0.717) is 5.91 Å². The molecule has 0 aromatic heterocycles. The number of amides is 1. The van der Waals surface area contributed by atoms with Crippen molar-refractivity contribution < 1.29 is 4.79 Å². The Morgan fingerprint density at radius 3 is 2.42 bits per heavy atom. The van der Waals surface area contributed by atoms with Crippen molar-refractivity contribution in [2.24, 2.45) is 5.92 Å². The summed E-state index contributed by atoms with van der Waals surface area (Å²) in [6, 6.07) is 8.85. The van der Waals surface area contributed by atoms with E-state index in [2.05, 4.69) is 40.3 Å². The second-order valence-electron chi connectivity index (χ2n) is 7.16. The zero-order valence-electron chi connectivity index (χ0n) is 14.9. The molecule has 0 saturated carbocycles. The molecular formula is C20H30N2OS. The van der Waals surface area contributed by atoms with Crippen molar-refractivity contribution in [2.45, 2.75) is 50.0 Å². The van der Waals surface area contributed by atoms with Crippen molar-refractivity contribution in [3.8, 4) is 0 Å². The highest BCUT2D eigenvalue weighted by atomic mass is 32.2. The topological polar surface area (TPSA) is 23.6 Å². The Morgan fingerprint density at radius 1 is 1.04 bits per heavy atom. The molecule has 3 nitrogen and oxygen atoms in total. The predicted molar refractivity (Wildman–Crippen MR) is 101 cm³/mol. The molecular weight excluding hydrogens is 316 g/mol. The predicted octanol–water partition coefficient (Wildman–Crippen LogP) is 4.02. The number of carbonyl (C=O) groups excluding carboxylic acids is 1. The summed E-state index contributed by atoms with van der Waals surface area (Å²) in [6.07, 6.45) is 9.26. The maximum Gasteiger partial charge on any atom is 0.226 e. The minimum atomic E-state index is 0.210. The normalized spacial score (nSPS) is 23.0. The third-order valence-electron chi connectivity index (χ3n) is 5.34. The van der Waals surface area contributed by atoms with E-state index in [0.717, 1.165) is 45.6 Å². The smallest absolute Gasteiger partial charge is 0.226 e. The Bertz CT molecular complexity index is 523. The molecule has 0 unspecified atom stereocenters. The number of hydrogen-bond acceptors (Lipinski definition) is 3. The molecule has 24 heavy (non-hydrogen) atoms. The number of nitrogens with zero attached hydrogens (tertiary/aromatic N) is 2. The first-order valence-electron chi connectivity index (χ1n) is 9.40. The molecule has 2 saturated heterocycles. The summed E-state index contributed by atoms with van der Waals surface area (Å²) < 4.78 is 0. The Kier molecular flexibility index (Phi) is 6.61. The maximum absolute atomic E-state index is 12.9. The van der Waals surface area contributed by atoms with Crippen molar-refractivity contribution in [1.29, 1.82) is 0 Å². The van der Waals surface area contributed by atoms with Gasteiger partial charge in [0.05, 0.1) is 5.92 Å². The average Bonchev–Trinajstić information content (AvgIpc) is 2.91. The summed E-state index contributed by atoms with van der Waals surface area (Å²) in [5.74, 6) is 0.627. The highest BCUT2D eigenvalue weighted by molar-refractivity contribution is 7.98. The lowest BCUT2D eigenvalue weighted by molar-refractivity contribution is -0.137. The van der Waals surface area contributed by atoms with Gasteiger partial charge in [0.1, 0.15) is 0 Å². The second-order valence-corrected chi connectivity index (χ2v) is 8.04. The molecule has 2 aliphatic rings. The molecule has 1 aromatic carbocycles. The molecule has 2 fully saturated rings. The van der Waals surface area contributed by atoms with E-state index in [1.807, 2.05) is 0 Å². The van der Waals surface area contributed by atoms with Crippen LogP contribution in [0.5, 0.6) is 0 Å². The van der Waals surface area contributed by atoms with Crippen molar-refractivity contribution >= 4 is 17.7 Å².